The van der Waals surface area contributed by atoms with E-state index >= 15 is 0 Å². The standard InChI is InChI=1S/C16H25FN2O.ClH/c1-5-11(2)14(18)15(20)19-10-16(3,4)12-6-8-13(17)9-7-12;/h6-9,11,14H,5,10,18H2,1-4H3,(H,19,20);1H. The summed E-state index contributed by atoms with van der Waals surface area (Å²) >= 11 is 0. The van der Waals surface area contributed by atoms with Crippen molar-refractivity contribution >= 4 is 18.3 Å². The van der Waals surface area contributed by atoms with Crippen molar-refractivity contribution in [2.24, 2.45) is 11.7 Å². The molecule has 0 aliphatic heterocycles. The van der Waals surface area contributed by atoms with Gasteiger partial charge in [-0.25, -0.2) is 4.39 Å². The first kappa shape index (κ1) is 19.9. The van der Waals surface area contributed by atoms with Crippen LogP contribution >= 0.6 is 12.4 Å². The van der Waals surface area contributed by atoms with E-state index in [0.29, 0.717) is 6.54 Å². The van der Waals surface area contributed by atoms with Crippen molar-refractivity contribution in [2.45, 2.75) is 45.6 Å². The molecule has 0 bridgehead atoms. The molecule has 3 N–H and O–H groups in total. The second-order valence-electron chi connectivity index (χ2n) is 6.02. The lowest BCUT2D eigenvalue weighted by Crippen LogP contribution is -2.47. The van der Waals surface area contributed by atoms with Gasteiger partial charge in [-0.2, -0.15) is 0 Å². The fraction of sp³-hybridized carbons (Fsp3) is 0.562. The lowest BCUT2D eigenvalue weighted by atomic mass is 9.84. The van der Waals surface area contributed by atoms with Crippen LogP contribution < -0.4 is 11.1 Å². The number of rotatable bonds is 6. The van der Waals surface area contributed by atoms with E-state index in [4.69, 9.17) is 5.73 Å². The minimum Gasteiger partial charge on any atom is -0.354 e. The van der Waals surface area contributed by atoms with Crippen LogP contribution in [0, 0.1) is 11.7 Å². The number of carbonyl (C=O) groups is 1. The van der Waals surface area contributed by atoms with Gasteiger partial charge in [0.15, 0.2) is 0 Å². The molecule has 0 saturated heterocycles. The summed E-state index contributed by atoms with van der Waals surface area (Å²) < 4.78 is 12.9. The van der Waals surface area contributed by atoms with Gasteiger partial charge in [0.25, 0.3) is 0 Å². The van der Waals surface area contributed by atoms with E-state index < -0.39 is 6.04 Å². The number of hydrogen-bond acceptors (Lipinski definition) is 2. The zero-order chi connectivity index (χ0) is 15.3. The molecule has 2 atom stereocenters. The van der Waals surface area contributed by atoms with E-state index in [2.05, 4.69) is 5.32 Å². The molecular weight excluding hydrogens is 291 g/mol. The number of carbonyl (C=O) groups excluding carboxylic acids is 1. The van der Waals surface area contributed by atoms with Crippen LogP contribution in [0.3, 0.4) is 0 Å². The van der Waals surface area contributed by atoms with E-state index in [1.54, 1.807) is 12.1 Å². The molecular formula is C16H26ClFN2O. The molecule has 1 aromatic carbocycles. The Kier molecular flexibility index (Phi) is 7.90. The molecule has 0 aliphatic carbocycles. The van der Waals surface area contributed by atoms with Crippen molar-refractivity contribution in [2.75, 3.05) is 6.54 Å². The highest BCUT2D eigenvalue weighted by Gasteiger charge is 2.24. The van der Waals surface area contributed by atoms with Gasteiger partial charge >= 0.3 is 0 Å². The Bertz CT molecular complexity index is 448. The van der Waals surface area contributed by atoms with Crippen molar-refractivity contribution in [1.82, 2.24) is 5.32 Å². The summed E-state index contributed by atoms with van der Waals surface area (Å²) in [6, 6.07) is 5.88. The van der Waals surface area contributed by atoms with Crippen LogP contribution in [0.25, 0.3) is 0 Å². The molecule has 0 fully saturated rings. The van der Waals surface area contributed by atoms with E-state index in [0.717, 1.165) is 12.0 Å². The number of nitrogens with one attached hydrogen (secondary N) is 1. The summed E-state index contributed by atoms with van der Waals surface area (Å²) in [5.41, 5.74) is 6.61. The fourth-order valence-corrected chi connectivity index (χ4v) is 1.94. The predicted octanol–water partition coefficient (Wildman–Crippen LogP) is 3.01. The van der Waals surface area contributed by atoms with Crippen molar-refractivity contribution in [3.63, 3.8) is 0 Å². The Balaban J connectivity index is 0.00000400. The minimum absolute atomic E-state index is 0. The largest absolute Gasteiger partial charge is 0.354 e. The van der Waals surface area contributed by atoms with Crippen LogP contribution in [0.15, 0.2) is 24.3 Å². The highest BCUT2D eigenvalue weighted by molar-refractivity contribution is 5.85. The van der Waals surface area contributed by atoms with Gasteiger partial charge in [0.2, 0.25) is 5.91 Å². The maximum atomic E-state index is 12.9. The number of amides is 1. The molecule has 0 saturated carbocycles. The molecule has 1 rings (SSSR count). The summed E-state index contributed by atoms with van der Waals surface area (Å²) in [5, 5.41) is 2.89. The zero-order valence-corrected chi connectivity index (χ0v) is 14.0. The lowest BCUT2D eigenvalue weighted by Gasteiger charge is -2.27. The molecule has 21 heavy (non-hydrogen) atoms. The van der Waals surface area contributed by atoms with Gasteiger partial charge in [0.05, 0.1) is 6.04 Å². The summed E-state index contributed by atoms with van der Waals surface area (Å²) in [4.78, 5) is 12.0. The van der Waals surface area contributed by atoms with Crippen molar-refractivity contribution < 1.29 is 9.18 Å². The molecule has 0 radical (unpaired) electrons. The molecule has 0 aliphatic rings. The highest BCUT2D eigenvalue weighted by Crippen LogP contribution is 2.22. The molecule has 3 nitrogen and oxygen atoms in total. The third-order valence-electron chi connectivity index (χ3n) is 3.89. The molecule has 2 unspecified atom stereocenters. The average Bonchev–Trinajstić information content (AvgIpc) is 2.43. The maximum absolute atomic E-state index is 12.9. The number of hydrogen-bond donors (Lipinski definition) is 2. The van der Waals surface area contributed by atoms with Crippen LogP contribution in [0.5, 0.6) is 0 Å². The Morgan fingerprint density at radius 3 is 2.33 bits per heavy atom. The second-order valence-corrected chi connectivity index (χ2v) is 6.02. The molecule has 1 aromatic rings. The third-order valence-corrected chi connectivity index (χ3v) is 3.89. The van der Waals surface area contributed by atoms with Crippen molar-refractivity contribution in [3.8, 4) is 0 Å². The van der Waals surface area contributed by atoms with E-state index in [1.807, 2.05) is 27.7 Å². The molecule has 0 spiro atoms. The molecule has 120 valence electrons. The van der Waals surface area contributed by atoms with Crippen LogP contribution in [-0.2, 0) is 10.2 Å². The Labute approximate surface area is 132 Å². The van der Waals surface area contributed by atoms with Crippen LogP contribution in [0.2, 0.25) is 0 Å². The Morgan fingerprint density at radius 1 is 1.33 bits per heavy atom. The fourth-order valence-electron chi connectivity index (χ4n) is 1.94. The van der Waals surface area contributed by atoms with Crippen molar-refractivity contribution in [3.05, 3.63) is 35.6 Å². The topological polar surface area (TPSA) is 55.1 Å². The first-order chi connectivity index (χ1) is 9.27. The molecule has 1 amide bonds. The highest BCUT2D eigenvalue weighted by atomic mass is 35.5. The quantitative estimate of drug-likeness (QED) is 0.847. The van der Waals surface area contributed by atoms with Crippen LogP contribution in [-0.4, -0.2) is 18.5 Å². The van der Waals surface area contributed by atoms with Gasteiger partial charge in [-0.3, -0.25) is 4.79 Å². The van der Waals surface area contributed by atoms with Gasteiger partial charge in [0.1, 0.15) is 5.82 Å². The minimum atomic E-state index is -0.482. The van der Waals surface area contributed by atoms with E-state index in [-0.39, 0.29) is 35.5 Å². The first-order valence-corrected chi connectivity index (χ1v) is 7.07. The van der Waals surface area contributed by atoms with Gasteiger partial charge in [0, 0.05) is 12.0 Å². The molecule has 5 heteroatoms. The Hall–Kier alpha value is -1.13. The summed E-state index contributed by atoms with van der Waals surface area (Å²) in [6.07, 6.45) is 0.871. The van der Waals surface area contributed by atoms with E-state index in [9.17, 15) is 9.18 Å². The lowest BCUT2D eigenvalue weighted by molar-refractivity contribution is -0.123. The number of nitrogens with two attached hydrogens (primary N) is 1. The van der Waals surface area contributed by atoms with Crippen molar-refractivity contribution in [1.29, 1.82) is 0 Å². The van der Waals surface area contributed by atoms with Gasteiger partial charge in [-0.15, -0.1) is 12.4 Å². The normalized spacial score (nSPS) is 14.0. The second kappa shape index (κ2) is 8.35. The number of benzene rings is 1. The third kappa shape index (κ3) is 5.64. The zero-order valence-electron chi connectivity index (χ0n) is 13.2. The van der Waals surface area contributed by atoms with Gasteiger partial charge < -0.3 is 11.1 Å². The smallest absolute Gasteiger partial charge is 0.237 e. The molecule has 0 heterocycles. The summed E-state index contributed by atoms with van der Waals surface area (Å²) in [5.74, 6) is -0.231. The van der Waals surface area contributed by atoms with Gasteiger partial charge in [-0.1, -0.05) is 46.2 Å². The van der Waals surface area contributed by atoms with Crippen LogP contribution in [0.1, 0.15) is 39.7 Å². The SMILES string of the molecule is CCC(C)C(N)C(=O)NCC(C)(C)c1ccc(F)cc1.Cl. The average molecular weight is 317 g/mol. The first-order valence-electron chi connectivity index (χ1n) is 7.07. The van der Waals surface area contributed by atoms with E-state index in [1.165, 1.54) is 12.1 Å². The summed E-state index contributed by atoms with van der Waals surface area (Å²) in [6.45, 7) is 8.47. The van der Waals surface area contributed by atoms with Gasteiger partial charge in [-0.05, 0) is 23.6 Å². The number of halogens is 2. The predicted molar refractivity (Wildman–Crippen MR) is 87.1 cm³/mol. The van der Waals surface area contributed by atoms with Crippen LogP contribution in [0.4, 0.5) is 4.39 Å². The summed E-state index contributed by atoms with van der Waals surface area (Å²) in [7, 11) is 0. The molecule has 0 aromatic heterocycles. The maximum Gasteiger partial charge on any atom is 0.237 e. The Morgan fingerprint density at radius 2 is 1.86 bits per heavy atom. The monoisotopic (exact) mass is 316 g/mol.